The Labute approximate surface area is 128 Å². The summed E-state index contributed by atoms with van der Waals surface area (Å²) in [7, 11) is 0. The van der Waals surface area contributed by atoms with Crippen molar-refractivity contribution in [2.45, 2.75) is 39.3 Å². The molecule has 112 valence electrons. The Hall–Kier alpha value is -1.72. The molecule has 0 aliphatic heterocycles. The van der Waals surface area contributed by atoms with Gasteiger partial charge in [-0.15, -0.1) is 11.3 Å². The molecule has 0 bridgehead atoms. The number of aromatic nitrogens is 1. The van der Waals surface area contributed by atoms with Crippen LogP contribution in [0.4, 0.5) is 0 Å². The topological polar surface area (TPSA) is 62.2 Å². The number of thiazole rings is 1. The van der Waals surface area contributed by atoms with Crippen LogP contribution in [0.15, 0.2) is 29.8 Å². The molecular weight excluding hydrogens is 284 g/mol. The monoisotopic (exact) mass is 304 g/mol. The van der Waals surface area contributed by atoms with Gasteiger partial charge in [0.2, 0.25) is 5.91 Å². The largest absolute Gasteiger partial charge is 0.393 e. The standard InChI is InChI=1S/C16H20N2O2S/c1-11(19)3-8-15(20)17-9-13-4-6-14(7-5-13)16-12(2)18-10-21-16/h4-7,10-11,19H,3,8-9H2,1-2H3,(H,17,20)/t11-/m0/s1. The van der Waals surface area contributed by atoms with Crippen molar-refractivity contribution in [2.24, 2.45) is 0 Å². The van der Waals surface area contributed by atoms with Gasteiger partial charge in [0.15, 0.2) is 0 Å². The summed E-state index contributed by atoms with van der Waals surface area (Å²) in [5, 5.41) is 12.0. The molecule has 0 unspecified atom stereocenters. The predicted octanol–water partition coefficient (Wildman–Crippen LogP) is 2.90. The maximum atomic E-state index is 11.6. The summed E-state index contributed by atoms with van der Waals surface area (Å²) >= 11 is 1.63. The Morgan fingerprint density at radius 2 is 2.10 bits per heavy atom. The molecule has 4 nitrogen and oxygen atoms in total. The van der Waals surface area contributed by atoms with Crippen molar-refractivity contribution < 1.29 is 9.90 Å². The number of hydrogen-bond acceptors (Lipinski definition) is 4. The highest BCUT2D eigenvalue weighted by atomic mass is 32.1. The number of hydrogen-bond donors (Lipinski definition) is 2. The van der Waals surface area contributed by atoms with E-state index in [0.29, 0.717) is 19.4 Å². The van der Waals surface area contributed by atoms with Crippen LogP contribution in [-0.4, -0.2) is 22.1 Å². The number of aryl methyl sites for hydroxylation is 1. The zero-order valence-electron chi connectivity index (χ0n) is 12.3. The molecule has 5 heteroatoms. The molecular formula is C16H20N2O2S. The van der Waals surface area contributed by atoms with Crippen molar-refractivity contribution in [2.75, 3.05) is 0 Å². The number of nitrogens with one attached hydrogen (secondary N) is 1. The number of carbonyl (C=O) groups excluding carboxylic acids is 1. The fourth-order valence-corrected chi connectivity index (χ4v) is 2.79. The number of nitrogens with zero attached hydrogens (tertiary/aromatic N) is 1. The van der Waals surface area contributed by atoms with E-state index >= 15 is 0 Å². The fourth-order valence-electron chi connectivity index (χ4n) is 1.98. The second kappa shape index (κ2) is 7.33. The Balaban J connectivity index is 1.88. The minimum absolute atomic E-state index is 0.0294. The van der Waals surface area contributed by atoms with E-state index in [1.807, 2.05) is 24.6 Å². The highest BCUT2D eigenvalue weighted by molar-refractivity contribution is 7.13. The highest BCUT2D eigenvalue weighted by Crippen LogP contribution is 2.27. The van der Waals surface area contributed by atoms with Gasteiger partial charge >= 0.3 is 0 Å². The molecule has 0 aliphatic rings. The lowest BCUT2D eigenvalue weighted by molar-refractivity contribution is -0.121. The van der Waals surface area contributed by atoms with Gasteiger partial charge in [0.1, 0.15) is 0 Å². The van der Waals surface area contributed by atoms with Crippen molar-refractivity contribution in [3.05, 3.63) is 41.0 Å². The quantitative estimate of drug-likeness (QED) is 0.862. The summed E-state index contributed by atoms with van der Waals surface area (Å²) in [5.74, 6) is -0.0294. The van der Waals surface area contributed by atoms with Crippen LogP contribution in [0.1, 0.15) is 31.0 Å². The van der Waals surface area contributed by atoms with Crippen molar-refractivity contribution in [3.8, 4) is 10.4 Å². The van der Waals surface area contributed by atoms with E-state index in [-0.39, 0.29) is 5.91 Å². The molecule has 1 atom stereocenters. The predicted molar refractivity (Wildman–Crippen MR) is 85.0 cm³/mol. The van der Waals surface area contributed by atoms with Gasteiger partial charge in [0.25, 0.3) is 0 Å². The van der Waals surface area contributed by atoms with Gasteiger partial charge in [-0.1, -0.05) is 24.3 Å². The van der Waals surface area contributed by atoms with Crippen molar-refractivity contribution in [1.29, 1.82) is 0 Å². The molecule has 0 saturated carbocycles. The number of amides is 1. The lowest BCUT2D eigenvalue weighted by Gasteiger charge is -2.07. The first-order valence-corrected chi connectivity index (χ1v) is 7.88. The maximum absolute atomic E-state index is 11.6. The molecule has 2 rings (SSSR count). The highest BCUT2D eigenvalue weighted by Gasteiger charge is 2.06. The van der Waals surface area contributed by atoms with Gasteiger partial charge in [-0.25, -0.2) is 4.98 Å². The Kier molecular flexibility index (Phi) is 5.47. The maximum Gasteiger partial charge on any atom is 0.220 e. The van der Waals surface area contributed by atoms with Crippen LogP contribution in [-0.2, 0) is 11.3 Å². The first-order valence-electron chi connectivity index (χ1n) is 7.00. The van der Waals surface area contributed by atoms with Crippen LogP contribution in [0.5, 0.6) is 0 Å². The third kappa shape index (κ3) is 4.65. The normalized spacial score (nSPS) is 12.1. The van der Waals surface area contributed by atoms with Crippen molar-refractivity contribution in [3.63, 3.8) is 0 Å². The van der Waals surface area contributed by atoms with Gasteiger partial charge in [-0.3, -0.25) is 4.79 Å². The van der Waals surface area contributed by atoms with Crippen LogP contribution >= 0.6 is 11.3 Å². The zero-order chi connectivity index (χ0) is 15.2. The molecule has 0 saturated heterocycles. The smallest absolute Gasteiger partial charge is 0.220 e. The van der Waals surface area contributed by atoms with E-state index in [2.05, 4.69) is 22.4 Å². The number of rotatable bonds is 6. The number of aliphatic hydroxyl groups is 1. The summed E-state index contributed by atoms with van der Waals surface area (Å²) in [6, 6.07) is 8.14. The van der Waals surface area contributed by atoms with Crippen LogP contribution in [0, 0.1) is 6.92 Å². The zero-order valence-corrected chi connectivity index (χ0v) is 13.1. The molecule has 0 fully saturated rings. The molecule has 2 N–H and O–H groups in total. The lowest BCUT2D eigenvalue weighted by atomic mass is 10.1. The van der Waals surface area contributed by atoms with E-state index in [9.17, 15) is 4.79 Å². The Morgan fingerprint density at radius 1 is 1.38 bits per heavy atom. The second-order valence-corrected chi connectivity index (χ2v) is 5.98. The Bertz CT molecular complexity index is 591. The van der Waals surface area contributed by atoms with E-state index in [4.69, 9.17) is 5.11 Å². The lowest BCUT2D eigenvalue weighted by Crippen LogP contribution is -2.23. The first kappa shape index (κ1) is 15.7. The second-order valence-electron chi connectivity index (χ2n) is 5.13. The van der Waals surface area contributed by atoms with Gasteiger partial charge in [0, 0.05) is 13.0 Å². The molecule has 2 aromatic rings. The summed E-state index contributed by atoms with van der Waals surface area (Å²) in [6.07, 6.45) is 0.420. The minimum Gasteiger partial charge on any atom is -0.393 e. The van der Waals surface area contributed by atoms with E-state index in [1.165, 1.54) is 4.88 Å². The average Bonchev–Trinajstić information content (AvgIpc) is 2.89. The van der Waals surface area contributed by atoms with Crippen LogP contribution < -0.4 is 5.32 Å². The number of benzene rings is 1. The van der Waals surface area contributed by atoms with E-state index in [0.717, 1.165) is 16.8 Å². The van der Waals surface area contributed by atoms with Gasteiger partial charge in [-0.05, 0) is 31.4 Å². The summed E-state index contributed by atoms with van der Waals surface area (Å²) < 4.78 is 0. The summed E-state index contributed by atoms with van der Waals surface area (Å²) in [4.78, 5) is 17.0. The average molecular weight is 304 g/mol. The van der Waals surface area contributed by atoms with E-state index < -0.39 is 6.10 Å². The number of carbonyl (C=O) groups is 1. The Morgan fingerprint density at radius 3 is 2.67 bits per heavy atom. The summed E-state index contributed by atoms with van der Waals surface area (Å²) in [5.41, 5.74) is 5.10. The third-order valence-electron chi connectivity index (χ3n) is 3.24. The van der Waals surface area contributed by atoms with Crippen LogP contribution in [0.25, 0.3) is 10.4 Å². The van der Waals surface area contributed by atoms with Gasteiger partial charge < -0.3 is 10.4 Å². The van der Waals surface area contributed by atoms with Gasteiger partial charge in [-0.2, -0.15) is 0 Å². The molecule has 0 aliphatic carbocycles. The van der Waals surface area contributed by atoms with Crippen molar-refractivity contribution >= 4 is 17.2 Å². The first-order chi connectivity index (χ1) is 10.1. The van der Waals surface area contributed by atoms with Crippen LogP contribution in [0.3, 0.4) is 0 Å². The number of aliphatic hydroxyl groups excluding tert-OH is 1. The fraction of sp³-hybridized carbons (Fsp3) is 0.375. The molecule has 1 amide bonds. The third-order valence-corrected chi connectivity index (χ3v) is 4.22. The molecule has 1 aromatic heterocycles. The van der Waals surface area contributed by atoms with Crippen molar-refractivity contribution in [1.82, 2.24) is 10.3 Å². The van der Waals surface area contributed by atoms with Gasteiger partial charge in [0.05, 0.1) is 22.2 Å². The molecule has 1 aromatic carbocycles. The summed E-state index contributed by atoms with van der Waals surface area (Å²) in [6.45, 7) is 4.20. The minimum atomic E-state index is -0.433. The van der Waals surface area contributed by atoms with Crippen LogP contribution in [0.2, 0.25) is 0 Å². The van der Waals surface area contributed by atoms with E-state index in [1.54, 1.807) is 18.3 Å². The molecule has 0 radical (unpaired) electrons. The molecule has 0 spiro atoms. The molecule has 21 heavy (non-hydrogen) atoms. The molecule has 1 heterocycles. The SMILES string of the molecule is Cc1ncsc1-c1ccc(CNC(=O)CC[C@H](C)O)cc1.